The van der Waals surface area contributed by atoms with Crippen LogP contribution in [0.1, 0.15) is 25.7 Å². The standard InChI is InChI=1S/C15H25N3O3/c19-14(18-6-3-12(4-7-18)15(20)21)11-16-8-9-17-5-1-2-13(17)10-16/h12-13H,1-11H2,(H,20,21). The van der Waals surface area contributed by atoms with Crippen LogP contribution in [-0.4, -0.2) is 83.5 Å². The van der Waals surface area contributed by atoms with Crippen molar-refractivity contribution in [2.75, 3.05) is 45.8 Å². The maximum atomic E-state index is 12.4. The molecule has 3 saturated heterocycles. The van der Waals surface area contributed by atoms with Gasteiger partial charge < -0.3 is 10.0 Å². The highest BCUT2D eigenvalue weighted by Crippen LogP contribution is 2.22. The van der Waals surface area contributed by atoms with Crippen LogP contribution in [0.4, 0.5) is 0 Å². The Morgan fingerprint density at radius 2 is 1.76 bits per heavy atom. The molecule has 21 heavy (non-hydrogen) atoms. The molecule has 0 saturated carbocycles. The number of rotatable bonds is 3. The lowest BCUT2D eigenvalue weighted by Gasteiger charge is -2.38. The number of hydrogen-bond acceptors (Lipinski definition) is 4. The van der Waals surface area contributed by atoms with Crippen LogP contribution >= 0.6 is 0 Å². The zero-order chi connectivity index (χ0) is 14.8. The van der Waals surface area contributed by atoms with E-state index in [0.717, 1.165) is 19.6 Å². The molecule has 1 unspecified atom stereocenters. The van der Waals surface area contributed by atoms with Crippen molar-refractivity contribution in [3.05, 3.63) is 0 Å². The van der Waals surface area contributed by atoms with Crippen molar-refractivity contribution in [2.45, 2.75) is 31.7 Å². The third-order valence-corrected chi connectivity index (χ3v) is 5.23. The maximum Gasteiger partial charge on any atom is 0.306 e. The Kier molecular flexibility index (Phi) is 4.45. The topological polar surface area (TPSA) is 64.1 Å². The quantitative estimate of drug-likeness (QED) is 0.799. The van der Waals surface area contributed by atoms with Gasteiger partial charge >= 0.3 is 5.97 Å². The molecule has 0 aromatic rings. The highest BCUT2D eigenvalue weighted by Gasteiger charge is 2.32. The number of aliphatic carboxylic acids is 1. The number of likely N-dealkylation sites (tertiary alicyclic amines) is 1. The van der Waals surface area contributed by atoms with Gasteiger partial charge in [-0.15, -0.1) is 0 Å². The average Bonchev–Trinajstić information content (AvgIpc) is 2.95. The molecule has 3 fully saturated rings. The van der Waals surface area contributed by atoms with Gasteiger partial charge in [-0.2, -0.15) is 0 Å². The predicted molar refractivity (Wildman–Crippen MR) is 78.0 cm³/mol. The summed E-state index contributed by atoms with van der Waals surface area (Å²) in [6.07, 6.45) is 3.73. The highest BCUT2D eigenvalue weighted by molar-refractivity contribution is 5.79. The number of hydrogen-bond donors (Lipinski definition) is 1. The molecular formula is C15H25N3O3. The summed E-state index contributed by atoms with van der Waals surface area (Å²) in [4.78, 5) is 30.0. The van der Waals surface area contributed by atoms with Crippen molar-refractivity contribution >= 4 is 11.9 Å². The van der Waals surface area contributed by atoms with Gasteiger partial charge in [0.05, 0.1) is 12.5 Å². The van der Waals surface area contributed by atoms with Gasteiger partial charge in [-0.3, -0.25) is 19.4 Å². The van der Waals surface area contributed by atoms with E-state index in [4.69, 9.17) is 5.11 Å². The van der Waals surface area contributed by atoms with Gasteiger partial charge in [0.1, 0.15) is 0 Å². The van der Waals surface area contributed by atoms with Gasteiger partial charge in [-0.25, -0.2) is 0 Å². The third-order valence-electron chi connectivity index (χ3n) is 5.23. The van der Waals surface area contributed by atoms with Crippen molar-refractivity contribution in [3.63, 3.8) is 0 Å². The molecule has 3 heterocycles. The van der Waals surface area contributed by atoms with E-state index in [9.17, 15) is 9.59 Å². The van der Waals surface area contributed by atoms with E-state index in [0.29, 0.717) is 38.5 Å². The molecule has 1 N–H and O–H groups in total. The van der Waals surface area contributed by atoms with Crippen molar-refractivity contribution in [3.8, 4) is 0 Å². The first-order chi connectivity index (χ1) is 10.1. The zero-order valence-corrected chi connectivity index (χ0v) is 12.5. The van der Waals surface area contributed by atoms with E-state index < -0.39 is 5.97 Å². The second-order valence-corrected chi connectivity index (χ2v) is 6.56. The summed E-state index contributed by atoms with van der Waals surface area (Å²) in [5.74, 6) is -0.819. The minimum Gasteiger partial charge on any atom is -0.481 e. The molecule has 3 aliphatic rings. The molecule has 0 aromatic heterocycles. The molecule has 118 valence electrons. The first kappa shape index (κ1) is 14.8. The first-order valence-corrected chi connectivity index (χ1v) is 8.10. The van der Waals surface area contributed by atoms with Gasteiger partial charge in [-0.05, 0) is 32.2 Å². The molecule has 1 amide bonds. The highest BCUT2D eigenvalue weighted by atomic mass is 16.4. The molecule has 0 radical (unpaired) electrons. The molecule has 6 heteroatoms. The van der Waals surface area contributed by atoms with Crippen LogP contribution in [0.15, 0.2) is 0 Å². The number of fused-ring (bicyclic) bond motifs is 1. The molecule has 3 rings (SSSR count). The monoisotopic (exact) mass is 295 g/mol. The summed E-state index contributed by atoms with van der Waals surface area (Å²) in [5, 5.41) is 8.99. The van der Waals surface area contributed by atoms with E-state index in [2.05, 4.69) is 9.80 Å². The summed E-state index contributed by atoms with van der Waals surface area (Å²) in [6, 6.07) is 0.643. The Bertz CT molecular complexity index is 407. The van der Waals surface area contributed by atoms with Gasteiger partial charge in [-0.1, -0.05) is 0 Å². The number of carbonyl (C=O) groups is 2. The van der Waals surface area contributed by atoms with Crippen molar-refractivity contribution in [1.82, 2.24) is 14.7 Å². The number of carboxylic acid groups (broad SMARTS) is 1. The SMILES string of the molecule is O=C(O)C1CCN(C(=O)CN2CCN3CCCC3C2)CC1. The second-order valence-electron chi connectivity index (χ2n) is 6.56. The van der Waals surface area contributed by atoms with E-state index in [1.807, 2.05) is 4.90 Å². The van der Waals surface area contributed by atoms with E-state index >= 15 is 0 Å². The Morgan fingerprint density at radius 3 is 2.48 bits per heavy atom. The molecule has 3 aliphatic heterocycles. The van der Waals surface area contributed by atoms with E-state index in [1.54, 1.807) is 0 Å². The molecule has 1 atom stereocenters. The molecule has 6 nitrogen and oxygen atoms in total. The smallest absolute Gasteiger partial charge is 0.306 e. The minimum absolute atomic E-state index is 0.172. The number of piperazine rings is 1. The number of carbonyl (C=O) groups excluding carboxylic acids is 1. The number of nitrogens with zero attached hydrogens (tertiary/aromatic N) is 3. The first-order valence-electron chi connectivity index (χ1n) is 8.10. The Hall–Kier alpha value is -1.14. The van der Waals surface area contributed by atoms with Crippen molar-refractivity contribution < 1.29 is 14.7 Å². The largest absolute Gasteiger partial charge is 0.481 e. The van der Waals surface area contributed by atoms with Crippen LogP contribution in [0, 0.1) is 5.92 Å². The van der Waals surface area contributed by atoms with Crippen LogP contribution < -0.4 is 0 Å². The van der Waals surface area contributed by atoms with E-state index in [1.165, 1.54) is 19.4 Å². The van der Waals surface area contributed by atoms with Crippen LogP contribution in [0.25, 0.3) is 0 Å². The van der Waals surface area contributed by atoms with E-state index in [-0.39, 0.29) is 11.8 Å². The van der Waals surface area contributed by atoms with Crippen LogP contribution in [-0.2, 0) is 9.59 Å². The lowest BCUT2D eigenvalue weighted by molar-refractivity contribution is -0.146. The maximum absolute atomic E-state index is 12.4. The van der Waals surface area contributed by atoms with Gasteiger partial charge in [0.25, 0.3) is 0 Å². The molecular weight excluding hydrogens is 270 g/mol. The fourth-order valence-electron chi connectivity index (χ4n) is 3.87. The lowest BCUT2D eigenvalue weighted by Crippen LogP contribution is -2.53. The molecule has 0 aliphatic carbocycles. The third kappa shape index (κ3) is 3.37. The summed E-state index contributed by atoms with van der Waals surface area (Å²) in [6.45, 7) is 5.99. The number of carboxylic acids is 1. The van der Waals surface area contributed by atoms with Gasteiger partial charge in [0.2, 0.25) is 5.91 Å². The second kappa shape index (κ2) is 6.32. The zero-order valence-electron chi connectivity index (χ0n) is 12.5. The average molecular weight is 295 g/mol. The van der Waals surface area contributed by atoms with Gasteiger partial charge in [0, 0.05) is 38.8 Å². The fraction of sp³-hybridized carbons (Fsp3) is 0.867. The minimum atomic E-state index is -0.723. The van der Waals surface area contributed by atoms with Crippen LogP contribution in [0.2, 0.25) is 0 Å². The van der Waals surface area contributed by atoms with Crippen LogP contribution in [0.5, 0.6) is 0 Å². The van der Waals surface area contributed by atoms with Crippen molar-refractivity contribution in [1.29, 1.82) is 0 Å². The normalized spacial score (nSPS) is 28.6. The Labute approximate surface area is 125 Å². The summed E-state index contributed by atoms with van der Waals surface area (Å²) < 4.78 is 0. The molecule has 0 spiro atoms. The number of piperidine rings is 1. The van der Waals surface area contributed by atoms with Crippen molar-refractivity contribution in [2.24, 2.45) is 5.92 Å². The summed E-state index contributed by atoms with van der Waals surface area (Å²) >= 11 is 0. The Morgan fingerprint density at radius 1 is 1.00 bits per heavy atom. The fourth-order valence-corrected chi connectivity index (χ4v) is 3.87. The number of amides is 1. The summed E-state index contributed by atoms with van der Waals surface area (Å²) in [5.41, 5.74) is 0. The lowest BCUT2D eigenvalue weighted by atomic mass is 9.97. The molecule has 0 aromatic carbocycles. The molecule has 0 bridgehead atoms. The summed E-state index contributed by atoms with van der Waals surface area (Å²) in [7, 11) is 0. The predicted octanol–water partition coefficient (Wildman–Crippen LogP) is 0.0896. The van der Waals surface area contributed by atoms with Crippen LogP contribution in [0.3, 0.4) is 0 Å². The Balaban J connectivity index is 1.45. The van der Waals surface area contributed by atoms with Gasteiger partial charge in [0.15, 0.2) is 0 Å².